The van der Waals surface area contributed by atoms with Crippen LogP contribution in [0.25, 0.3) is 16.8 Å². The number of nitrogens with zero attached hydrogens (tertiary/aromatic N) is 5. The van der Waals surface area contributed by atoms with E-state index < -0.39 is 0 Å². The summed E-state index contributed by atoms with van der Waals surface area (Å²) in [4.78, 5) is 40.4. The summed E-state index contributed by atoms with van der Waals surface area (Å²) in [6, 6.07) is 12.1. The lowest BCUT2D eigenvalue weighted by Crippen LogP contribution is -2.30. The van der Waals surface area contributed by atoms with Gasteiger partial charge in [0.2, 0.25) is 0 Å². The molecule has 2 amide bonds. The zero-order chi connectivity index (χ0) is 25.1. The first-order valence-electron chi connectivity index (χ1n) is 11.6. The molecule has 3 aromatic heterocycles. The van der Waals surface area contributed by atoms with Gasteiger partial charge in [-0.3, -0.25) is 19.0 Å². The Morgan fingerprint density at radius 3 is 2.69 bits per heavy atom. The Kier molecular flexibility index (Phi) is 6.43. The molecular weight excluding hydrogens is 456 g/mol. The molecule has 9 nitrogen and oxygen atoms in total. The fourth-order valence-corrected chi connectivity index (χ4v) is 4.54. The van der Waals surface area contributed by atoms with Gasteiger partial charge in [0, 0.05) is 36.3 Å². The molecule has 1 atom stereocenters. The molecule has 4 aromatic rings. The third-order valence-electron chi connectivity index (χ3n) is 6.18. The zero-order valence-corrected chi connectivity index (χ0v) is 19.7. The van der Waals surface area contributed by atoms with Gasteiger partial charge in [-0.05, 0) is 50.0 Å². The normalized spacial score (nSPS) is 14.9. The SMILES string of the molecule is CC#CC(=O)N1CCCC1c1nc(-c2ccc(C(=O)Nc3ccccn3)cc2)c2c(CO)nccn12. The number of imidazole rings is 1. The number of hydrogen-bond donors (Lipinski definition) is 2. The number of benzene rings is 1. The summed E-state index contributed by atoms with van der Waals surface area (Å²) >= 11 is 0. The monoisotopic (exact) mass is 480 g/mol. The first-order valence-corrected chi connectivity index (χ1v) is 11.6. The molecule has 2 N–H and O–H groups in total. The lowest BCUT2D eigenvalue weighted by atomic mass is 10.1. The minimum atomic E-state index is -0.273. The second kappa shape index (κ2) is 9.98. The van der Waals surface area contributed by atoms with Crippen LogP contribution in [0.15, 0.2) is 61.1 Å². The number of pyridine rings is 1. The molecule has 0 saturated carbocycles. The van der Waals surface area contributed by atoms with Gasteiger partial charge in [-0.1, -0.05) is 24.1 Å². The van der Waals surface area contributed by atoms with Crippen LogP contribution in [0.3, 0.4) is 0 Å². The van der Waals surface area contributed by atoms with Crippen molar-refractivity contribution < 1.29 is 14.7 Å². The van der Waals surface area contributed by atoms with Gasteiger partial charge in [0.25, 0.3) is 11.8 Å². The number of carbonyl (C=O) groups is 2. The van der Waals surface area contributed by atoms with Crippen molar-refractivity contribution in [2.75, 3.05) is 11.9 Å². The van der Waals surface area contributed by atoms with Crippen LogP contribution < -0.4 is 5.32 Å². The molecule has 1 fully saturated rings. The Morgan fingerprint density at radius 2 is 1.97 bits per heavy atom. The second-order valence-electron chi connectivity index (χ2n) is 8.35. The highest BCUT2D eigenvalue weighted by molar-refractivity contribution is 6.04. The maximum atomic E-state index is 12.6. The number of amides is 2. The lowest BCUT2D eigenvalue weighted by Gasteiger charge is -2.21. The molecule has 1 aromatic carbocycles. The molecule has 9 heteroatoms. The fraction of sp³-hybridized carbons (Fsp3) is 0.222. The highest BCUT2D eigenvalue weighted by Crippen LogP contribution is 2.36. The average molecular weight is 481 g/mol. The summed E-state index contributed by atoms with van der Waals surface area (Å²) < 4.78 is 1.89. The molecule has 180 valence electrons. The highest BCUT2D eigenvalue weighted by atomic mass is 16.3. The molecule has 1 unspecified atom stereocenters. The predicted molar refractivity (Wildman–Crippen MR) is 134 cm³/mol. The number of aromatic nitrogens is 4. The number of anilines is 1. The van der Waals surface area contributed by atoms with Crippen molar-refractivity contribution in [3.63, 3.8) is 0 Å². The maximum absolute atomic E-state index is 12.6. The van der Waals surface area contributed by atoms with E-state index in [2.05, 4.69) is 27.1 Å². The molecule has 5 rings (SSSR count). The molecular formula is C27H24N6O3. The minimum absolute atomic E-state index is 0.224. The number of carbonyl (C=O) groups excluding carboxylic acids is 2. The summed E-state index contributed by atoms with van der Waals surface area (Å²) in [6.45, 7) is 1.99. The van der Waals surface area contributed by atoms with E-state index in [1.807, 2.05) is 16.5 Å². The Hall–Kier alpha value is -4.55. The second-order valence-corrected chi connectivity index (χ2v) is 8.35. The van der Waals surface area contributed by atoms with Gasteiger partial charge < -0.3 is 15.3 Å². The topological polar surface area (TPSA) is 113 Å². The van der Waals surface area contributed by atoms with Gasteiger partial charge in [0.05, 0.1) is 29.6 Å². The summed E-state index contributed by atoms with van der Waals surface area (Å²) in [5.74, 6) is 5.99. The molecule has 1 saturated heterocycles. The van der Waals surface area contributed by atoms with Gasteiger partial charge in [-0.2, -0.15) is 0 Å². The van der Waals surface area contributed by atoms with Crippen molar-refractivity contribution in [3.05, 3.63) is 78.1 Å². The maximum Gasteiger partial charge on any atom is 0.299 e. The van der Waals surface area contributed by atoms with Crippen LogP contribution in [0.5, 0.6) is 0 Å². The van der Waals surface area contributed by atoms with E-state index in [0.29, 0.717) is 40.7 Å². The van der Waals surface area contributed by atoms with Crippen LogP contribution >= 0.6 is 0 Å². The highest BCUT2D eigenvalue weighted by Gasteiger charge is 2.33. The summed E-state index contributed by atoms with van der Waals surface area (Å²) in [7, 11) is 0. The molecule has 1 aliphatic rings. The number of aliphatic hydroxyl groups is 1. The van der Waals surface area contributed by atoms with Crippen molar-refractivity contribution in [3.8, 4) is 23.1 Å². The van der Waals surface area contributed by atoms with Crippen LogP contribution in [0.4, 0.5) is 5.82 Å². The van der Waals surface area contributed by atoms with E-state index in [4.69, 9.17) is 4.98 Å². The van der Waals surface area contributed by atoms with Crippen molar-refractivity contribution in [1.29, 1.82) is 0 Å². The number of fused-ring (bicyclic) bond motifs is 1. The molecule has 1 aliphatic heterocycles. The van der Waals surface area contributed by atoms with Crippen LogP contribution in [-0.4, -0.2) is 47.7 Å². The van der Waals surface area contributed by atoms with Gasteiger partial charge in [-0.25, -0.2) is 9.97 Å². The molecule has 0 radical (unpaired) electrons. The van der Waals surface area contributed by atoms with Crippen LogP contribution in [0.1, 0.15) is 47.7 Å². The Labute approximate surface area is 207 Å². The molecule has 0 spiro atoms. The van der Waals surface area contributed by atoms with Crippen LogP contribution in [0, 0.1) is 11.8 Å². The Morgan fingerprint density at radius 1 is 1.14 bits per heavy atom. The largest absolute Gasteiger partial charge is 0.390 e. The van der Waals surface area contributed by atoms with E-state index in [-0.39, 0.29) is 24.5 Å². The van der Waals surface area contributed by atoms with E-state index in [1.165, 1.54) is 0 Å². The first-order chi connectivity index (χ1) is 17.6. The summed E-state index contributed by atoms with van der Waals surface area (Å²) in [6.07, 6.45) is 6.64. The quantitative estimate of drug-likeness (QED) is 0.424. The van der Waals surface area contributed by atoms with E-state index >= 15 is 0 Å². The van der Waals surface area contributed by atoms with Gasteiger partial charge in [0.15, 0.2) is 0 Å². The average Bonchev–Trinajstić information content (AvgIpc) is 3.54. The number of hydrogen-bond acceptors (Lipinski definition) is 6. The van der Waals surface area contributed by atoms with Gasteiger partial charge >= 0.3 is 0 Å². The fourth-order valence-electron chi connectivity index (χ4n) is 4.54. The Balaban J connectivity index is 1.53. The summed E-state index contributed by atoms with van der Waals surface area (Å²) in [5.41, 5.74) is 3.01. The lowest BCUT2D eigenvalue weighted by molar-refractivity contribution is -0.126. The third kappa shape index (κ3) is 4.30. The minimum Gasteiger partial charge on any atom is -0.390 e. The smallest absolute Gasteiger partial charge is 0.299 e. The van der Waals surface area contributed by atoms with Crippen molar-refractivity contribution in [1.82, 2.24) is 24.3 Å². The van der Waals surface area contributed by atoms with Crippen molar-refractivity contribution in [2.45, 2.75) is 32.4 Å². The van der Waals surface area contributed by atoms with Gasteiger partial charge in [0.1, 0.15) is 11.6 Å². The van der Waals surface area contributed by atoms with E-state index in [9.17, 15) is 14.7 Å². The summed E-state index contributed by atoms with van der Waals surface area (Å²) in [5, 5.41) is 12.8. The number of aliphatic hydroxyl groups excluding tert-OH is 1. The Bertz CT molecular complexity index is 1490. The number of likely N-dealkylation sites (tertiary alicyclic amines) is 1. The predicted octanol–water partition coefficient (Wildman–Crippen LogP) is 3.22. The van der Waals surface area contributed by atoms with Crippen LogP contribution in [0.2, 0.25) is 0 Å². The van der Waals surface area contributed by atoms with Gasteiger partial charge in [-0.15, -0.1) is 0 Å². The standard InChI is InChI=1S/C27H24N6O3/c1-2-6-23(35)32-15-5-7-21(32)26-31-24(25-20(17-34)28-14-16-33(25)26)18-9-11-19(12-10-18)27(36)30-22-8-3-4-13-29-22/h3-4,8-14,16,21,34H,5,7,15,17H2,1H3,(H,29,30,36). The molecule has 0 aliphatic carbocycles. The molecule has 36 heavy (non-hydrogen) atoms. The van der Waals surface area contributed by atoms with E-state index in [1.54, 1.807) is 60.7 Å². The van der Waals surface area contributed by atoms with E-state index in [0.717, 1.165) is 18.4 Å². The number of rotatable bonds is 5. The van der Waals surface area contributed by atoms with Crippen molar-refractivity contribution >= 4 is 23.1 Å². The number of nitrogens with one attached hydrogen (secondary N) is 1. The zero-order valence-electron chi connectivity index (χ0n) is 19.7. The van der Waals surface area contributed by atoms with Crippen molar-refractivity contribution in [2.24, 2.45) is 0 Å². The molecule has 4 heterocycles. The third-order valence-corrected chi connectivity index (χ3v) is 6.18. The van der Waals surface area contributed by atoms with Crippen LogP contribution in [-0.2, 0) is 11.4 Å². The molecule has 0 bridgehead atoms. The first kappa shape index (κ1) is 23.2.